The van der Waals surface area contributed by atoms with E-state index in [2.05, 4.69) is 77.5 Å². The Labute approximate surface area is 291 Å². The molecule has 0 spiro atoms. The molecule has 2 aromatic rings. The Balaban J connectivity index is 0.000000170. The summed E-state index contributed by atoms with van der Waals surface area (Å²) in [5, 5.41) is 3.00. The first-order valence-electron chi connectivity index (χ1n) is 17.7. The molecule has 4 bridgehead atoms. The number of carbonyl (C=O) groups is 3. The minimum atomic E-state index is -0.502. The highest BCUT2D eigenvalue weighted by atomic mass is 35.5. The molecule has 0 radical (unpaired) electrons. The number of nitrogens with two attached hydrogens (primary N) is 1. The van der Waals surface area contributed by atoms with Crippen LogP contribution in [0.3, 0.4) is 0 Å². The van der Waals surface area contributed by atoms with E-state index in [1.54, 1.807) is 0 Å². The van der Waals surface area contributed by atoms with E-state index in [9.17, 15) is 14.4 Å². The molecule has 8 fully saturated rings. The van der Waals surface area contributed by atoms with Gasteiger partial charge in [0.25, 0.3) is 0 Å². The van der Waals surface area contributed by atoms with Crippen molar-refractivity contribution >= 4 is 30.3 Å². The van der Waals surface area contributed by atoms with Gasteiger partial charge in [0.2, 0.25) is 11.8 Å². The normalized spacial score (nSPS) is 33.8. The van der Waals surface area contributed by atoms with Crippen LogP contribution in [0.1, 0.15) is 119 Å². The Hall–Kier alpha value is -3.10. The van der Waals surface area contributed by atoms with Gasteiger partial charge < -0.3 is 25.6 Å². The van der Waals surface area contributed by atoms with Crippen LogP contribution < -0.4 is 11.1 Å². The second-order valence-corrected chi connectivity index (χ2v) is 17.0. The van der Waals surface area contributed by atoms with Crippen molar-refractivity contribution in [2.75, 3.05) is 13.1 Å². The third-order valence-electron chi connectivity index (χ3n) is 11.7. The molecular weight excluding hydrogens is 624 g/mol. The maximum atomic E-state index is 13.3. The molecule has 6 saturated carbocycles. The monoisotopic (exact) mass is 676 g/mol. The van der Waals surface area contributed by atoms with Crippen LogP contribution in [0.2, 0.25) is 0 Å². The maximum Gasteiger partial charge on any atom is 0.408 e. The standard InChI is InChI=1S/C22H30N2O3.C17H22N2O.ClH/c1-15-7-5-8-16(11-15)17-9-6-10-24(17)18(25)21-12-22(13-21,14-21)23-19(26)27-20(2,3)4;1-12-4-2-5-13(8-12)14-6-3-7-19(14)15(20)16-9-17(18,10-16)11-16;/h5,7-8,11,17H,6,9-10,12-14H2,1-4H3,(H,23,26);2,4-5,8,14H,3,6-7,9-11,18H2,1H3;1H. The van der Waals surface area contributed by atoms with Crippen molar-refractivity contribution in [1.29, 1.82) is 0 Å². The fourth-order valence-electron chi connectivity index (χ4n) is 9.84. The number of nitrogens with zero attached hydrogens (tertiary/aromatic N) is 2. The Morgan fingerprint density at radius 2 is 1.21 bits per heavy atom. The van der Waals surface area contributed by atoms with Gasteiger partial charge in [0.1, 0.15) is 5.60 Å². The summed E-state index contributed by atoms with van der Waals surface area (Å²) in [5.74, 6) is 0.646. The molecule has 0 aromatic heterocycles. The Morgan fingerprint density at radius 3 is 1.60 bits per heavy atom. The number of benzene rings is 2. The highest BCUT2D eigenvalue weighted by Crippen LogP contribution is 2.69. The van der Waals surface area contributed by atoms with E-state index < -0.39 is 5.60 Å². The van der Waals surface area contributed by atoms with Crippen LogP contribution in [0.15, 0.2) is 48.5 Å². The molecule has 2 unspecified atom stereocenters. The second kappa shape index (κ2) is 12.0. The Bertz CT molecular complexity index is 1560. The molecule has 8 nitrogen and oxygen atoms in total. The number of hydrogen-bond donors (Lipinski definition) is 2. The molecule has 8 aliphatic rings. The zero-order chi connectivity index (χ0) is 33.4. The van der Waals surface area contributed by atoms with Gasteiger partial charge >= 0.3 is 6.09 Å². The number of hydrogen-bond acceptors (Lipinski definition) is 5. The summed E-state index contributed by atoms with van der Waals surface area (Å²) in [5.41, 5.74) is 10.1. The lowest BCUT2D eigenvalue weighted by atomic mass is 9.39. The first kappa shape index (κ1) is 34.8. The van der Waals surface area contributed by atoms with E-state index in [1.807, 2.05) is 20.8 Å². The van der Waals surface area contributed by atoms with E-state index in [-0.39, 0.29) is 58.4 Å². The zero-order valence-corrected chi connectivity index (χ0v) is 30.1. The van der Waals surface area contributed by atoms with E-state index in [1.165, 1.54) is 22.3 Å². The van der Waals surface area contributed by atoms with Crippen molar-refractivity contribution in [2.45, 2.75) is 128 Å². The lowest BCUT2D eigenvalue weighted by molar-refractivity contribution is -0.191. The lowest BCUT2D eigenvalue weighted by Crippen LogP contribution is -2.78. The fourth-order valence-corrected chi connectivity index (χ4v) is 9.84. The number of aryl methyl sites for hydroxylation is 2. The molecule has 10 rings (SSSR count). The zero-order valence-electron chi connectivity index (χ0n) is 29.3. The predicted molar refractivity (Wildman–Crippen MR) is 189 cm³/mol. The van der Waals surface area contributed by atoms with Crippen molar-refractivity contribution in [3.05, 3.63) is 70.8 Å². The quantitative estimate of drug-likeness (QED) is 0.353. The lowest BCUT2D eigenvalue weighted by Gasteiger charge is -2.69. The number of halogens is 1. The smallest absolute Gasteiger partial charge is 0.408 e. The average molecular weight is 677 g/mol. The average Bonchev–Trinajstić information content (AvgIpc) is 3.61. The maximum absolute atomic E-state index is 13.3. The van der Waals surface area contributed by atoms with Gasteiger partial charge in [-0.15, -0.1) is 12.4 Å². The van der Waals surface area contributed by atoms with Gasteiger partial charge in [-0.1, -0.05) is 59.7 Å². The molecule has 2 aromatic carbocycles. The van der Waals surface area contributed by atoms with E-state index in [0.29, 0.717) is 5.91 Å². The summed E-state index contributed by atoms with van der Waals surface area (Å²) in [4.78, 5) is 42.4. The Morgan fingerprint density at radius 1 is 0.771 bits per heavy atom. The molecule has 3 amide bonds. The summed E-state index contributed by atoms with van der Waals surface area (Å²) < 4.78 is 5.37. The second-order valence-electron chi connectivity index (χ2n) is 17.0. The van der Waals surface area contributed by atoms with E-state index in [4.69, 9.17) is 10.5 Å². The number of rotatable bonds is 5. The van der Waals surface area contributed by atoms with Crippen molar-refractivity contribution in [1.82, 2.24) is 15.1 Å². The SMILES string of the molecule is Cc1cccc(C2CCCN2C(=O)C23CC(N)(C2)C3)c1.Cc1cccc(C2CCCN2C(=O)C23CC(NC(=O)OC(C)(C)C)(C2)C3)c1.Cl. The third-order valence-corrected chi connectivity index (χ3v) is 11.7. The summed E-state index contributed by atoms with van der Waals surface area (Å²) in [7, 11) is 0. The minimum Gasteiger partial charge on any atom is -0.444 e. The summed E-state index contributed by atoms with van der Waals surface area (Å²) in [6, 6.07) is 17.6. The minimum absolute atomic E-state index is 0. The topological polar surface area (TPSA) is 105 Å². The first-order valence-corrected chi connectivity index (χ1v) is 17.7. The number of ether oxygens (including phenoxy) is 1. The van der Waals surface area contributed by atoms with Crippen LogP contribution in [-0.2, 0) is 14.3 Å². The van der Waals surface area contributed by atoms with Crippen LogP contribution in [0.5, 0.6) is 0 Å². The van der Waals surface area contributed by atoms with Crippen LogP contribution in [0, 0.1) is 24.7 Å². The first-order chi connectivity index (χ1) is 22.1. The molecule has 2 aliphatic heterocycles. The van der Waals surface area contributed by atoms with Crippen LogP contribution in [0.25, 0.3) is 0 Å². The number of likely N-dealkylation sites (tertiary alicyclic amines) is 2. The third kappa shape index (κ3) is 6.12. The molecule has 48 heavy (non-hydrogen) atoms. The number of carbonyl (C=O) groups excluding carboxylic acids is 3. The van der Waals surface area contributed by atoms with Crippen LogP contribution in [0.4, 0.5) is 4.79 Å². The molecule has 2 heterocycles. The van der Waals surface area contributed by atoms with Gasteiger partial charge in [0.15, 0.2) is 0 Å². The van der Waals surface area contributed by atoms with Crippen LogP contribution in [-0.4, -0.2) is 57.5 Å². The van der Waals surface area contributed by atoms with Crippen molar-refractivity contribution in [3.63, 3.8) is 0 Å². The van der Waals surface area contributed by atoms with Gasteiger partial charge in [-0.05, 0) is 110 Å². The number of nitrogens with one attached hydrogen (secondary N) is 1. The van der Waals surface area contributed by atoms with Gasteiger partial charge in [-0.3, -0.25) is 9.59 Å². The van der Waals surface area contributed by atoms with E-state index in [0.717, 1.165) is 77.3 Å². The summed E-state index contributed by atoms with van der Waals surface area (Å²) >= 11 is 0. The number of amides is 3. The molecule has 3 N–H and O–H groups in total. The van der Waals surface area contributed by atoms with Crippen molar-refractivity contribution in [2.24, 2.45) is 16.6 Å². The molecule has 2 atom stereocenters. The molecular formula is C39H53ClN4O4. The van der Waals surface area contributed by atoms with Crippen molar-refractivity contribution in [3.8, 4) is 0 Å². The highest BCUT2D eigenvalue weighted by Gasteiger charge is 2.73. The predicted octanol–water partition coefficient (Wildman–Crippen LogP) is 7.07. The van der Waals surface area contributed by atoms with Gasteiger partial charge in [0, 0.05) is 24.2 Å². The molecule has 6 aliphatic carbocycles. The van der Waals surface area contributed by atoms with E-state index >= 15 is 0 Å². The van der Waals surface area contributed by atoms with Gasteiger partial charge in [-0.2, -0.15) is 0 Å². The summed E-state index contributed by atoms with van der Waals surface area (Å²) in [6.07, 6.45) is 8.91. The Kier molecular flexibility index (Phi) is 8.72. The summed E-state index contributed by atoms with van der Waals surface area (Å²) in [6.45, 7) is 11.5. The van der Waals surface area contributed by atoms with Crippen molar-refractivity contribution < 1.29 is 19.1 Å². The van der Waals surface area contributed by atoms with Crippen LogP contribution >= 0.6 is 12.4 Å². The molecule has 260 valence electrons. The fraction of sp³-hybridized carbons (Fsp3) is 0.615. The number of alkyl carbamates (subject to hydrolysis) is 1. The highest BCUT2D eigenvalue weighted by molar-refractivity contribution is 5.89. The molecule has 2 saturated heterocycles. The van der Waals surface area contributed by atoms with Gasteiger partial charge in [0.05, 0.1) is 22.9 Å². The van der Waals surface area contributed by atoms with Gasteiger partial charge in [-0.25, -0.2) is 4.79 Å². The largest absolute Gasteiger partial charge is 0.444 e. The molecule has 9 heteroatoms.